The van der Waals surface area contributed by atoms with Crippen LogP contribution in [0.4, 0.5) is 25.2 Å². The third-order valence-corrected chi connectivity index (χ3v) is 17.3. The van der Waals surface area contributed by atoms with Gasteiger partial charge in [0.15, 0.2) is 0 Å². The lowest BCUT2D eigenvalue weighted by molar-refractivity contribution is 0.331. The van der Waals surface area contributed by atoms with Crippen molar-refractivity contribution in [3.05, 3.63) is 0 Å². The molecule has 0 bridgehead atoms. The van der Waals surface area contributed by atoms with Crippen molar-refractivity contribution in [2.45, 2.75) is 27.7 Å². The van der Waals surface area contributed by atoms with E-state index in [0.29, 0.717) is 13.3 Å². The highest BCUT2D eigenvalue weighted by Crippen LogP contribution is 2.81. The molecule has 0 amide bonds. The molecule has 0 aromatic carbocycles. The highest BCUT2D eigenvalue weighted by Gasteiger charge is 2.39. The lowest BCUT2D eigenvalue weighted by atomic mass is 10.9. The predicted molar refractivity (Wildman–Crippen MR) is 121 cm³/mol. The minimum atomic E-state index is -5.34. The van der Waals surface area contributed by atoms with E-state index in [1.807, 2.05) is 0 Å². The minimum Gasteiger partial charge on any atom is -0.303 e. The largest absolute Gasteiger partial charge is 0.387 e. The van der Waals surface area contributed by atoms with E-state index in [4.69, 9.17) is 18.1 Å². The Morgan fingerprint density at radius 2 is 0.688 bits per heavy atom. The van der Waals surface area contributed by atoms with Gasteiger partial charge in [-0.3, -0.25) is 0 Å². The molecule has 1 heterocycles. The van der Waals surface area contributed by atoms with Crippen LogP contribution in [0.25, 0.3) is 0 Å². The molecule has 192 valence electrons. The molecule has 22 heteroatoms. The van der Waals surface area contributed by atoms with E-state index >= 15 is 25.2 Å². The van der Waals surface area contributed by atoms with Crippen LogP contribution in [0.5, 0.6) is 0 Å². The summed E-state index contributed by atoms with van der Waals surface area (Å²) in [5.74, 6) is 0. The molecule has 0 fully saturated rings. The maximum absolute atomic E-state index is 15.5. The average molecular weight is 594 g/mol. The first kappa shape index (κ1) is 30.8. The van der Waals surface area contributed by atoms with E-state index in [-0.39, 0.29) is 0 Å². The van der Waals surface area contributed by atoms with Crippen molar-refractivity contribution in [2.75, 3.05) is 39.8 Å². The number of hydrogen-bond acceptors (Lipinski definition) is 10. The van der Waals surface area contributed by atoms with E-state index in [0.717, 1.165) is 0 Å². The van der Waals surface area contributed by atoms with Crippen molar-refractivity contribution in [3.8, 4) is 0 Å². The second-order valence-electron chi connectivity index (χ2n) is 5.72. The van der Waals surface area contributed by atoms with Crippen molar-refractivity contribution in [1.29, 1.82) is 0 Å². The molecule has 0 saturated carbocycles. The van der Waals surface area contributed by atoms with Crippen LogP contribution in [-0.4, -0.2) is 39.8 Å². The molecule has 1 aliphatic rings. The molecule has 1 aliphatic heterocycles. The summed E-state index contributed by atoms with van der Waals surface area (Å²) in [4.78, 5) is 0. The summed E-state index contributed by atoms with van der Waals surface area (Å²) in [5, 5.41) is 0. The van der Waals surface area contributed by atoms with E-state index in [2.05, 4.69) is 27.1 Å². The van der Waals surface area contributed by atoms with Gasteiger partial charge in [-0.2, -0.15) is 38.7 Å². The molecule has 0 radical (unpaired) electrons. The highest BCUT2D eigenvalue weighted by atomic mass is 31.3. The van der Waals surface area contributed by atoms with Crippen LogP contribution in [0.15, 0.2) is 27.1 Å². The van der Waals surface area contributed by atoms with Gasteiger partial charge in [-0.05, 0) is 27.7 Å². The van der Waals surface area contributed by atoms with Gasteiger partial charge in [0.05, 0.1) is 26.4 Å². The second-order valence-corrected chi connectivity index (χ2v) is 18.1. The Bertz CT molecular complexity index is 999. The van der Waals surface area contributed by atoms with E-state index in [1.54, 1.807) is 0 Å². The molecule has 0 aliphatic carbocycles. The molecule has 0 aromatic rings. The second kappa shape index (κ2) is 11.7. The van der Waals surface area contributed by atoms with Crippen molar-refractivity contribution in [1.82, 2.24) is 0 Å². The minimum absolute atomic E-state index is 0.453. The van der Waals surface area contributed by atoms with Gasteiger partial charge in [0.2, 0.25) is 15.0 Å². The van der Waals surface area contributed by atoms with Crippen molar-refractivity contribution in [3.63, 3.8) is 0 Å². The van der Waals surface area contributed by atoms with Crippen molar-refractivity contribution >= 4 is 46.0 Å². The topological polar surface area (TPSA) is 111 Å². The maximum atomic E-state index is 15.5. The van der Waals surface area contributed by atoms with Crippen LogP contribution in [-0.2, 0) is 18.1 Å². The summed E-state index contributed by atoms with van der Waals surface area (Å²) < 4.78 is 129. The fraction of sp³-hybridized carbons (Fsp3) is 1.00. The Kier molecular flexibility index (Phi) is 11.3. The van der Waals surface area contributed by atoms with Gasteiger partial charge >= 0.3 is 31.0 Å². The van der Waals surface area contributed by atoms with Gasteiger partial charge < -0.3 is 18.1 Å². The Labute approximate surface area is 184 Å². The molecule has 6 atom stereocenters. The summed E-state index contributed by atoms with van der Waals surface area (Å²) in [6, 6.07) is 0. The molecule has 10 nitrogen and oxygen atoms in total. The first-order valence-electron chi connectivity index (χ1n) is 9.02. The van der Waals surface area contributed by atoms with Crippen LogP contribution in [0, 0.1) is 0 Å². The highest BCUT2D eigenvalue weighted by molar-refractivity contribution is 7.80. The Hall–Kier alpha value is 0.800. The van der Waals surface area contributed by atoms with Gasteiger partial charge in [-0.15, -0.1) is 13.5 Å². The molecule has 32 heavy (non-hydrogen) atoms. The third-order valence-electron chi connectivity index (χ3n) is 2.71. The summed E-state index contributed by atoms with van der Waals surface area (Å²) >= 11 is 0. The first-order valence-corrected chi connectivity index (χ1v) is 19.1. The summed E-state index contributed by atoms with van der Waals surface area (Å²) in [5.41, 5.74) is 0. The Morgan fingerprint density at radius 3 is 1.00 bits per heavy atom. The fourth-order valence-electron chi connectivity index (χ4n) is 2.08. The van der Waals surface area contributed by atoms with E-state index in [1.165, 1.54) is 27.7 Å². The maximum Gasteiger partial charge on any atom is 0.387 e. The average Bonchev–Trinajstić information content (AvgIpc) is 2.49. The molecule has 0 spiro atoms. The summed E-state index contributed by atoms with van der Waals surface area (Å²) in [6.07, 6.45) is 0. The van der Waals surface area contributed by atoms with Crippen molar-refractivity contribution < 1.29 is 43.3 Å². The number of halogens is 6. The van der Waals surface area contributed by atoms with Gasteiger partial charge in [-0.1, -0.05) is 0 Å². The zero-order valence-corrected chi connectivity index (χ0v) is 23.5. The van der Waals surface area contributed by atoms with Crippen LogP contribution in [0.1, 0.15) is 27.7 Å². The molecule has 6 unspecified atom stereocenters. The lowest BCUT2D eigenvalue weighted by Crippen LogP contribution is -1.90. The van der Waals surface area contributed by atoms with E-state index < -0.39 is 72.4 Å². The van der Waals surface area contributed by atoms with Gasteiger partial charge in [0.25, 0.3) is 0 Å². The zero-order chi connectivity index (χ0) is 24.9. The quantitative estimate of drug-likeness (QED) is 0.206. The van der Waals surface area contributed by atoms with Crippen LogP contribution in [0.3, 0.4) is 0 Å². The molecule has 0 aromatic heterocycles. The molecule has 0 saturated heterocycles. The smallest absolute Gasteiger partial charge is 0.303 e. The molecule has 0 N–H and O–H groups in total. The van der Waals surface area contributed by atoms with Gasteiger partial charge in [0, 0.05) is 13.3 Å². The van der Waals surface area contributed by atoms with Crippen LogP contribution < -0.4 is 0 Å². The number of hydrogen-bond donors (Lipinski definition) is 0. The van der Waals surface area contributed by atoms with Crippen molar-refractivity contribution in [2.24, 2.45) is 27.1 Å². The normalized spacial score (nSPS) is 43.1. The molecular weight excluding hydrogens is 568 g/mol. The monoisotopic (exact) mass is 594 g/mol. The van der Waals surface area contributed by atoms with Gasteiger partial charge in [-0.25, -0.2) is 0 Å². The lowest BCUT2D eigenvalue weighted by Gasteiger charge is -2.21. The fourth-order valence-corrected chi connectivity index (χ4v) is 16.7. The first-order chi connectivity index (χ1) is 14.5. The summed E-state index contributed by atoms with van der Waals surface area (Å²) in [6.45, 7) is 4.44. The van der Waals surface area contributed by atoms with Gasteiger partial charge in [0.1, 0.15) is 0 Å². The standard InChI is InChI=1S/C10H26F6N6O4P6/c1-7-23-29(13)18-27(5,11)17-28(6,12)19-30(14,24-8-2)21-32(16,26-10-4)22-31(15,20-29)25-9-3/h7-10H2,1-6H3. The predicted octanol–water partition coefficient (Wildman–Crippen LogP) is 11.1. The number of rotatable bonds is 8. The van der Waals surface area contributed by atoms with Crippen LogP contribution in [0.2, 0.25) is 0 Å². The van der Waals surface area contributed by atoms with E-state index in [9.17, 15) is 0 Å². The number of nitrogens with zero attached hydrogens (tertiary/aromatic N) is 6. The van der Waals surface area contributed by atoms with Crippen LogP contribution >= 0.6 is 46.0 Å². The third kappa shape index (κ3) is 9.81. The SMILES string of the molecule is CCOP1(F)=NP(C)(F)=NP(C)(F)=NP(F)(OCC)=NP(F)(OCC)=NP(F)(OCC)=N1. The molecule has 1 rings (SSSR count). The Balaban J connectivity index is 4.32. The zero-order valence-electron chi connectivity index (χ0n) is 18.1. The summed E-state index contributed by atoms with van der Waals surface area (Å²) in [7, 11) is -30.7. The Morgan fingerprint density at radius 1 is 0.438 bits per heavy atom. The molecular formula is C10H26F6N6O4P6.